The zero-order chi connectivity index (χ0) is 10.0. The average Bonchev–Trinajstić information content (AvgIpc) is 2.00. The van der Waals surface area contributed by atoms with E-state index in [0.717, 1.165) is 0 Å². The standard InChI is InChI=1S/C6H8F5P/c1-3-5(7)12(9,10,11)6(8)4-2/h3-6H,1-2H2. The average molecular weight is 206 g/mol. The van der Waals surface area contributed by atoms with E-state index in [-0.39, 0.29) is 12.2 Å². The van der Waals surface area contributed by atoms with Crippen molar-refractivity contribution in [1.82, 2.24) is 0 Å². The van der Waals surface area contributed by atoms with Gasteiger partial charge in [-0.25, -0.2) is 0 Å². The Balaban J connectivity index is 4.94. The Kier molecular flexibility index (Phi) is 3.02. The molecule has 6 heteroatoms. The molecule has 72 valence electrons. The first-order valence-corrected chi connectivity index (χ1v) is 4.99. The molecule has 0 aliphatic carbocycles. The fourth-order valence-corrected chi connectivity index (χ4v) is 1.49. The van der Waals surface area contributed by atoms with Gasteiger partial charge >= 0.3 is 66.0 Å². The van der Waals surface area contributed by atoms with Crippen LogP contribution in [-0.2, 0) is 0 Å². The summed E-state index contributed by atoms with van der Waals surface area (Å²) in [5, 5.41) is 0. The van der Waals surface area contributed by atoms with E-state index < -0.39 is 19.4 Å². The van der Waals surface area contributed by atoms with Crippen molar-refractivity contribution in [2.24, 2.45) is 0 Å². The van der Waals surface area contributed by atoms with Crippen molar-refractivity contribution < 1.29 is 21.4 Å². The van der Waals surface area contributed by atoms with E-state index in [1.165, 1.54) is 0 Å². The third kappa shape index (κ3) is 1.83. The van der Waals surface area contributed by atoms with Crippen LogP contribution in [-0.4, -0.2) is 11.8 Å². The molecule has 0 heterocycles. The predicted molar refractivity (Wildman–Crippen MR) is 40.4 cm³/mol. The molecule has 0 spiro atoms. The molecule has 0 fully saturated rings. The van der Waals surface area contributed by atoms with Crippen molar-refractivity contribution in [2.45, 2.75) is 11.8 Å². The third-order valence-electron chi connectivity index (χ3n) is 1.23. The Morgan fingerprint density at radius 3 is 1.33 bits per heavy atom. The van der Waals surface area contributed by atoms with E-state index in [0.29, 0.717) is 0 Å². The fraction of sp³-hybridized carbons (Fsp3) is 0.333. The zero-order valence-electron chi connectivity index (χ0n) is 6.06. The topological polar surface area (TPSA) is 0 Å². The predicted octanol–water partition coefficient (Wildman–Crippen LogP) is 4.16. The van der Waals surface area contributed by atoms with Gasteiger partial charge in [0.1, 0.15) is 0 Å². The normalized spacial score (nSPS) is 20.2. The summed E-state index contributed by atoms with van der Waals surface area (Å²) >= 11 is 0. The van der Waals surface area contributed by atoms with E-state index in [1.807, 2.05) is 0 Å². The summed E-state index contributed by atoms with van der Waals surface area (Å²) in [7, 11) is -7.45. The molecule has 0 aliphatic rings. The molecule has 12 heavy (non-hydrogen) atoms. The minimum atomic E-state index is -7.45. The molecule has 0 bridgehead atoms. The van der Waals surface area contributed by atoms with Gasteiger partial charge in [0.15, 0.2) is 0 Å². The molecule has 0 nitrogen and oxygen atoms in total. The summed E-state index contributed by atoms with van der Waals surface area (Å²) < 4.78 is 61.9. The molecule has 2 atom stereocenters. The molecule has 0 saturated carbocycles. The summed E-state index contributed by atoms with van der Waals surface area (Å²) in [6, 6.07) is 0. The van der Waals surface area contributed by atoms with Gasteiger partial charge in [0.2, 0.25) is 0 Å². The first-order valence-electron chi connectivity index (χ1n) is 2.94. The van der Waals surface area contributed by atoms with Gasteiger partial charge in [-0.3, -0.25) is 0 Å². The molecular formula is C6H8F5P. The van der Waals surface area contributed by atoms with Gasteiger partial charge in [-0.2, -0.15) is 0 Å². The first-order chi connectivity index (χ1) is 5.24. The van der Waals surface area contributed by atoms with Crippen LogP contribution in [0.1, 0.15) is 0 Å². The Bertz CT molecular complexity index is 176. The second-order valence-corrected chi connectivity index (χ2v) is 4.98. The summed E-state index contributed by atoms with van der Waals surface area (Å²) in [6.07, 6.45) is 0.0990. The molecule has 0 aliphatic heterocycles. The van der Waals surface area contributed by atoms with Gasteiger partial charge in [-0.15, -0.1) is 0 Å². The Morgan fingerprint density at radius 1 is 0.917 bits per heavy atom. The zero-order valence-corrected chi connectivity index (χ0v) is 6.96. The number of hydrogen-bond donors (Lipinski definition) is 0. The van der Waals surface area contributed by atoms with E-state index in [4.69, 9.17) is 0 Å². The van der Waals surface area contributed by atoms with E-state index in [1.54, 1.807) is 0 Å². The van der Waals surface area contributed by atoms with Gasteiger partial charge in [0.25, 0.3) is 0 Å². The van der Waals surface area contributed by atoms with E-state index in [9.17, 15) is 21.4 Å². The second kappa shape index (κ2) is 3.13. The SMILES string of the molecule is C=CC(F)P(F)(F)(F)C(F)C=C. The minimum absolute atomic E-state index is 0.0495. The van der Waals surface area contributed by atoms with Gasteiger partial charge in [-0.1, -0.05) is 0 Å². The maximum absolute atomic E-state index is 12.5. The summed E-state index contributed by atoms with van der Waals surface area (Å²) in [5.74, 6) is -6.52. The van der Waals surface area contributed by atoms with Crippen molar-refractivity contribution in [3.05, 3.63) is 25.3 Å². The quantitative estimate of drug-likeness (QED) is 0.368. The van der Waals surface area contributed by atoms with Gasteiger partial charge in [-0.05, 0) is 0 Å². The van der Waals surface area contributed by atoms with Crippen LogP contribution in [0.4, 0.5) is 21.4 Å². The molecule has 0 aromatic carbocycles. The van der Waals surface area contributed by atoms with Crippen LogP contribution in [0.2, 0.25) is 0 Å². The third-order valence-corrected chi connectivity index (χ3v) is 3.34. The second-order valence-electron chi connectivity index (χ2n) is 2.14. The Labute approximate surface area is 67.0 Å². The molecule has 0 aromatic rings. The molecule has 0 amide bonds. The van der Waals surface area contributed by atoms with Crippen LogP contribution in [0, 0.1) is 0 Å². The fourth-order valence-electron chi connectivity index (χ4n) is 0.497. The molecule has 0 radical (unpaired) electrons. The first kappa shape index (κ1) is 11.6. The summed E-state index contributed by atoms with van der Waals surface area (Å²) in [4.78, 5) is 0. The van der Waals surface area contributed by atoms with Crippen molar-refractivity contribution in [1.29, 1.82) is 0 Å². The number of halogens is 5. The van der Waals surface area contributed by atoms with Crippen LogP contribution in [0.5, 0.6) is 0 Å². The summed E-state index contributed by atoms with van der Waals surface area (Å²) in [6.45, 7) is 5.25. The van der Waals surface area contributed by atoms with Crippen LogP contribution < -0.4 is 0 Å². The van der Waals surface area contributed by atoms with E-state index >= 15 is 0 Å². The molecule has 2 unspecified atom stereocenters. The van der Waals surface area contributed by atoms with Crippen molar-refractivity contribution in [3.8, 4) is 0 Å². The Hall–Kier alpha value is -0.440. The van der Waals surface area contributed by atoms with Crippen LogP contribution in [0.3, 0.4) is 0 Å². The number of hydrogen-bond acceptors (Lipinski definition) is 0. The molecule has 0 rings (SSSR count). The molecule has 0 saturated heterocycles. The summed E-state index contributed by atoms with van der Waals surface area (Å²) in [5.41, 5.74) is 0. The van der Waals surface area contributed by atoms with Crippen molar-refractivity contribution in [2.75, 3.05) is 0 Å². The maximum atomic E-state index is 12.5. The molecular weight excluding hydrogens is 198 g/mol. The van der Waals surface area contributed by atoms with Gasteiger partial charge in [0, 0.05) is 0 Å². The van der Waals surface area contributed by atoms with Gasteiger partial charge < -0.3 is 0 Å². The van der Waals surface area contributed by atoms with E-state index in [2.05, 4.69) is 13.2 Å². The van der Waals surface area contributed by atoms with Crippen LogP contribution in [0.25, 0.3) is 0 Å². The monoisotopic (exact) mass is 206 g/mol. The number of allylic oxidation sites excluding steroid dienone is 2. The number of rotatable bonds is 4. The number of alkyl halides is 2. The molecule has 0 aromatic heterocycles. The van der Waals surface area contributed by atoms with Crippen LogP contribution >= 0.6 is 7.54 Å². The van der Waals surface area contributed by atoms with Gasteiger partial charge in [0.05, 0.1) is 0 Å². The molecule has 0 N–H and O–H groups in total. The van der Waals surface area contributed by atoms with Crippen LogP contribution in [0.15, 0.2) is 25.3 Å². The Morgan fingerprint density at radius 2 is 1.17 bits per heavy atom. The van der Waals surface area contributed by atoms with Crippen molar-refractivity contribution in [3.63, 3.8) is 0 Å². The van der Waals surface area contributed by atoms with Crippen molar-refractivity contribution >= 4 is 7.54 Å².